The third-order valence-corrected chi connectivity index (χ3v) is 3.20. The number of para-hydroxylation sites is 1. The number of hydrogen-bond acceptors (Lipinski definition) is 5. The Morgan fingerprint density at radius 3 is 2.50 bits per heavy atom. The first kappa shape index (κ1) is 17.2. The van der Waals surface area contributed by atoms with Crippen molar-refractivity contribution in [1.82, 2.24) is 0 Å². The zero-order valence-corrected chi connectivity index (χ0v) is 13.4. The van der Waals surface area contributed by atoms with Crippen molar-refractivity contribution in [1.29, 1.82) is 0 Å². The number of methoxy groups -OCH3 is 1. The van der Waals surface area contributed by atoms with E-state index in [1.807, 2.05) is 0 Å². The number of anilines is 1. The van der Waals surface area contributed by atoms with Crippen molar-refractivity contribution in [3.63, 3.8) is 0 Å². The fraction of sp³-hybridized carbons (Fsp3) is 0.167. The van der Waals surface area contributed by atoms with Crippen molar-refractivity contribution < 1.29 is 23.9 Å². The summed E-state index contributed by atoms with van der Waals surface area (Å²) in [4.78, 5) is 35.0. The minimum absolute atomic E-state index is 0.0886. The van der Waals surface area contributed by atoms with Gasteiger partial charge in [0.2, 0.25) is 0 Å². The predicted molar refractivity (Wildman–Crippen MR) is 88.4 cm³/mol. The van der Waals surface area contributed by atoms with Crippen LogP contribution in [0.15, 0.2) is 48.5 Å². The monoisotopic (exact) mass is 327 g/mol. The molecule has 2 aromatic rings. The summed E-state index contributed by atoms with van der Waals surface area (Å²) in [6.07, 6.45) is 0. The van der Waals surface area contributed by atoms with Crippen LogP contribution in [0, 0.1) is 0 Å². The highest BCUT2D eigenvalue weighted by Gasteiger charge is 2.13. The van der Waals surface area contributed by atoms with Gasteiger partial charge >= 0.3 is 5.97 Å². The number of rotatable bonds is 6. The lowest BCUT2D eigenvalue weighted by Crippen LogP contribution is -2.21. The van der Waals surface area contributed by atoms with Crippen LogP contribution in [0.5, 0.6) is 5.75 Å². The topological polar surface area (TPSA) is 81.7 Å². The van der Waals surface area contributed by atoms with Crippen molar-refractivity contribution in [2.45, 2.75) is 6.92 Å². The summed E-state index contributed by atoms with van der Waals surface area (Å²) in [5, 5.41) is 2.64. The molecule has 0 aromatic heterocycles. The highest BCUT2D eigenvalue weighted by atomic mass is 16.5. The molecular weight excluding hydrogens is 310 g/mol. The zero-order chi connectivity index (χ0) is 17.5. The maximum Gasteiger partial charge on any atom is 0.341 e. The summed E-state index contributed by atoms with van der Waals surface area (Å²) in [7, 11) is 1.27. The van der Waals surface area contributed by atoms with E-state index >= 15 is 0 Å². The molecule has 0 bridgehead atoms. The van der Waals surface area contributed by atoms with Gasteiger partial charge in [-0.25, -0.2) is 4.79 Å². The molecule has 0 fully saturated rings. The highest BCUT2D eigenvalue weighted by Crippen LogP contribution is 2.19. The molecule has 0 aliphatic heterocycles. The van der Waals surface area contributed by atoms with Gasteiger partial charge in [-0.1, -0.05) is 24.3 Å². The summed E-state index contributed by atoms with van der Waals surface area (Å²) >= 11 is 0. The first-order chi connectivity index (χ1) is 11.5. The Morgan fingerprint density at radius 2 is 1.79 bits per heavy atom. The second-order valence-corrected chi connectivity index (χ2v) is 4.96. The van der Waals surface area contributed by atoms with Gasteiger partial charge in [-0.15, -0.1) is 0 Å². The Kier molecular flexibility index (Phi) is 5.68. The standard InChI is InChI=1S/C18H17NO5/c1-12(20)13-6-5-7-14(10-13)19-17(21)11-24-16-9-4-3-8-15(16)18(22)23-2/h3-10H,11H2,1-2H3,(H,19,21). The molecule has 1 N–H and O–H groups in total. The number of nitrogens with one attached hydrogen (secondary N) is 1. The van der Waals surface area contributed by atoms with E-state index in [9.17, 15) is 14.4 Å². The zero-order valence-electron chi connectivity index (χ0n) is 13.4. The minimum Gasteiger partial charge on any atom is -0.483 e. The predicted octanol–water partition coefficient (Wildman–Crippen LogP) is 2.69. The van der Waals surface area contributed by atoms with E-state index in [1.54, 1.807) is 48.5 Å². The van der Waals surface area contributed by atoms with Crippen molar-refractivity contribution in [2.24, 2.45) is 0 Å². The maximum absolute atomic E-state index is 12.0. The Bertz CT molecular complexity index is 770. The van der Waals surface area contributed by atoms with E-state index in [0.717, 1.165) is 0 Å². The van der Waals surface area contributed by atoms with Gasteiger partial charge in [0.05, 0.1) is 7.11 Å². The van der Waals surface area contributed by atoms with Gasteiger partial charge in [0.25, 0.3) is 5.91 Å². The number of ketones is 1. The van der Waals surface area contributed by atoms with Crippen molar-refractivity contribution in [3.8, 4) is 5.75 Å². The van der Waals surface area contributed by atoms with E-state index in [-0.39, 0.29) is 23.7 Å². The van der Waals surface area contributed by atoms with Gasteiger partial charge < -0.3 is 14.8 Å². The van der Waals surface area contributed by atoms with Crippen molar-refractivity contribution >= 4 is 23.3 Å². The molecule has 0 spiro atoms. The average molecular weight is 327 g/mol. The molecule has 0 radical (unpaired) electrons. The molecular formula is C18H17NO5. The summed E-state index contributed by atoms with van der Waals surface area (Å²) in [6.45, 7) is 1.17. The first-order valence-electron chi connectivity index (χ1n) is 7.22. The van der Waals surface area contributed by atoms with Crippen LogP contribution >= 0.6 is 0 Å². The van der Waals surface area contributed by atoms with E-state index in [1.165, 1.54) is 14.0 Å². The molecule has 1 amide bonds. The Morgan fingerprint density at radius 1 is 1.04 bits per heavy atom. The summed E-state index contributed by atoms with van der Waals surface area (Å²) in [5.41, 5.74) is 1.24. The molecule has 0 atom stereocenters. The fourth-order valence-electron chi connectivity index (χ4n) is 2.03. The fourth-order valence-corrected chi connectivity index (χ4v) is 2.03. The molecule has 0 aliphatic rings. The van der Waals surface area contributed by atoms with Gasteiger partial charge in [-0.2, -0.15) is 0 Å². The van der Waals surface area contributed by atoms with Gasteiger partial charge in [0, 0.05) is 11.3 Å². The van der Waals surface area contributed by atoms with Crippen LogP contribution < -0.4 is 10.1 Å². The number of carbonyl (C=O) groups is 3. The molecule has 2 rings (SSSR count). The van der Waals surface area contributed by atoms with Gasteiger partial charge in [0.1, 0.15) is 11.3 Å². The van der Waals surface area contributed by atoms with Crippen LogP contribution in [0.3, 0.4) is 0 Å². The first-order valence-corrected chi connectivity index (χ1v) is 7.22. The molecule has 6 heteroatoms. The Balaban J connectivity index is 2.00. The number of amides is 1. The molecule has 0 saturated heterocycles. The summed E-state index contributed by atoms with van der Waals surface area (Å²) in [6, 6.07) is 13.1. The molecule has 6 nitrogen and oxygen atoms in total. The second kappa shape index (κ2) is 7.92. The second-order valence-electron chi connectivity index (χ2n) is 4.96. The van der Waals surface area contributed by atoms with Crippen LogP contribution in [0.1, 0.15) is 27.6 Å². The summed E-state index contributed by atoms with van der Waals surface area (Å²) < 4.78 is 10.1. The Hall–Kier alpha value is -3.15. The average Bonchev–Trinajstić information content (AvgIpc) is 2.59. The van der Waals surface area contributed by atoms with Gasteiger partial charge in [0.15, 0.2) is 12.4 Å². The minimum atomic E-state index is -0.542. The van der Waals surface area contributed by atoms with Crippen LogP contribution in [0.25, 0.3) is 0 Å². The normalized spacial score (nSPS) is 9.92. The van der Waals surface area contributed by atoms with Crippen LogP contribution in [-0.4, -0.2) is 31.4 Å². The number of Topliss-reactive ketones (excluding diaryl/α,β-unsaturated/α-hetero) is 1. The highest BCUT2D eigenvalue weighted by molar-refractivity contribution is 5.97. The van der Waals surface area contributed by atoms with Gasteiger partial charge in [-0.3, -0.25) is 9.59 Å². The lowest BCUT2D eigenvalue weighted by Gasteiger charge is -2.10. The lowest BCUT2D eigenvalue weighted by molar-refractivity contribution is -0.118. The molecule has 2 aromatic carbocycles. The number of ether oxygens (including phenoxy) is 2. The van der Waals surface area contributed by atoms with Gasteiger partial charge in [-0.05, 0) is 31.2 Å². The number of esters is 1. The number of carbonyl (C=O) groups excluding carboxylic acids is 3. The largest absolute Gasteiger partial charge is 0.483 e. The SMILES string of the molecule is COC(=O)c1ccccc1OCC(=O)Nc1cccc(C(C)=O)c1. The molecule has 124 valence electrons. The molecule has 0 aliphatic carbocycles. The maximum atomic E-state index is 12.0. The number of benzene rings is 2. The molecule has 0 heterocycles. The lowest BCUT2D eigenvalue weighted by atomic mass is 10.1. The van der Waals surface area contributed by atoms with Crippen LogP contribution in [-0.2, 0) is 9.53 Å². The molecule has 24 heavy (non-hydrogen) atoms. The van der Waals surface area contributed by atoms with Crippen LogP contribution in [0.2, 0.25) is 0 Å². The molecule has 0 saturated carbocycles. The van der Waals surface area contributed by atoms with E-state index in [4.69, 9.17) is 4.74 Å². The smallest absolute Gasteiger partial charge is 0.341 e. The Labute approximate surface area is 139 Å². The third-order valence-electron chi connectivity index (χ3n) is 3.20. The quantitative estimate of drug-likeness (QED) is 0.651. The van der Waals surface area contributed by atoms with Crippen molar-refractivity contribution in [3.05, 3.63) is 59.7 Å². The van der Waals surface area contributed by atoms with Crippen molar-refractivity contribution in [2.75, 3.05) is 19.0 Å². The number of hydrogen-bond donors (Lipinski definition) is 1. The van der Waals surface area contributed by atoms with Crippen LogP contribution in [0.4, 0.5) is 5.69 Å². The van der Waals surface area contributed by atoms with E-state index in [0.29, 0.717) is 11.3 Å². The van der Waals surface area contributed by atoms with E-state index in [2.05, 4.69) is 10.1 Å². The van der Waals surface area contributed by atoms with E-state index < -0.39 is 11.9 Å². The summed E-state index contributed by atoms with van der Waals surface area (Å²) in [5.74, 6) is -0.776. The molecule has 0 unspecified atom stereocenters. The third kappa shape index (κ3) is 4.42.